The lowest BCUT2D eigenvalue weighted by molar-refractivity contribution is 0.0617. The van der Waals surface area contributed by atoms with Crippen molar-refractivity contribution in [2.45, 2.75) is 32.9 Å². The molecule has 0 radical (unpaired) electrons. The average Bonchev–Trinajstić information content (AvgIpc) is 2.90. The Labute approximate surface area is 166 Å². The molecule has 1 atom stereocenters. The Hall–Kier alpha value is -1.68. The van der Waals surface area contributed by atoms with Gasteiger partial charge in [0.2, 0.25) is 0 Å². The minimum absolute atomic E-state index is 0. The Morgan fingerprint density at radius 2 is 1.92 bits per heavy atom. The number of hydrogen-bond donors (Lipinski definition) is 3. The third-order valence-corrected chi connectivity index (χ3v) is 3.90. The monoisotopic (exact) mass is 458 g/mol. The predicted octanol–water partition coefficient (Wildman–Crippen LogP) is 1.70. The largest absolute Gasteiger partial charge is 0.384 e. The van der Waals surface area contributed by atoms with Gasteiger partial charge in [-0.15, -0.1) is 34.2 Å². The zero-order valence-corrected chi connectivity index (χ0v) is 17.5. The number of aryl methyl sites for hydroxylation is 1. The molecule has 3 N–H and O–H groups in total. The van der Waals surface area contributed by atoms with Gasteiger partial charge in [0.15, 0.2) is 11.8 Å². The second kappa shape index (κ2) is 9.71. The number of aliphatic imine (C=N–C) groups is 1. The first-order valence-corrected chi connectivity index (χ1v) is 8.09. The number of nitrogens with one attached hydrogen (secondary N) is 2. The van der Waals surface area contributed by atoms with Crippen molar-refractivity contribution in [1.29, 1.82) is 0 Å². The maximum absolute atomic E-state index is 10.7. The summed E-state index contributed by atoms with van der Waals surface area (Å²) in [5.74, 6) is 2.28. The molecule has 1 heterocycles. The first-order valence-electron chi connectivity index (χ1n) is 8.09. The second-order valence-corrected chi connectivity index (χ2v) is 5.91. The molecule has 0 fully saturated rings. The molecule has 1 aromatic heterocycles. The minimum atomic E-state index is -0.987. The first-order chi connectivity index (χ1) is 11.4. The maximum atomic E-state index is 10.7. The number of aliphatic hydroxyl groups is 1. The Morgan fingerprint density at radius 1 is 1.24 bits per heavy atom. The molecule has 0 saturated heterocycles. The van der Waals surface area contributed by atoms with E-state index in [2.05, 4.69) is 25.8 Å². The predicted molar refractivity (Wildman–Crippen MR) is 110 cm³/mol. The van der Waals surface area contributed by atoms with Gasteiger partial charge in [0, 0.05) is 13.6 Å². The molecule has 0 spiro atoms. The van der Waals surface area contributed by atoms with Crippen molar-refractivity contribution < 1.29 is 5.11 Å². The molecular formula is C17H27IN6O. The number of hydrogen-bond acceptors (Lipinski definition) is 4. The van der Waals surface area contributed by atoms with Gasteiger partial charge in [0.05, 0.1) is 6.54 Å². The van der Waals surface area contributed by atoms with E-state index < -0.39 is 5.60 Å². The van der Waals surface area contributed by atoms with Crippen molar-refractivity contribution in [3.05, 3.63) is 47.5 Å². The van der Waals surface area contributed by atoms with Crippen molar-refractivity contribution in [3.63, 3.8) is 0 Å². The fraction of sp³-hybridized carbons (Fsp3) is 0.471. The van der Waals surface area contributed by atoms with E-state index >= 15 is 0 Å². The summed E-state index contributed by atoms with van der Waals surface area (Å²) in [6, 6.07) is 9.59. The molecule has 0 bridgehead atoms. The number of halogens is 1. The molecule has 0 aliphatic carbocycles. The molecule has 0 aliphatic heterocycles. The van der Waals surface area contributed by atoms with Gasteiger partial charge >= 0.3 is 0 Å². The minimum Gasteiger partial charge on any atom is -0.384 e. The van der Waals surface area contributed by atoms with Crippen molar-refractivity contribution in [3.8, 4) is 0 Å². The second-order valence-electron chi connectivity index (χ2n) is 5.91. The van der Waals surface area contributed by atoms with Gasteiger partial charge in [-0.3, -0.25) is 0 Å². The molecule has 2 aromatic rings. The Balaban J connectivity index is 0.00000312. The third-order valence-electron chi connectivity index (χ3n) is 3.90. The lowest BCUT2D eigenvalue weighted by Crippen LogP contribution is -2.44. The number of nitrogens with zero attached hydrogens (tertiary/aromatic N) is 4. The molecule has 25 heavy (non-hydrogen) atoms. The fourth-order valence-corrected chi connectivity index (χ4v) is 2.24. The quantitative estimate of drug-likeness (QED) is 0.349. The molecule has 2 rings (SSSR count). The molecule has 1 aromatic carbocycles. The van der Waals surface area contributed by atoms with E-state index in [1.807, 2.05) is 55.8 Å². The van der Waals surface area contributed by atoms with E-state index in [1.165, 1.54) is 0 Å². The zero-order valence-electron chi connectivity index (χ0n) is 15.2. The average molecular weight is 458 g/mol. The normalized spacial score (nSPS) is 13.7. The van der Waals surface area contributed by atoms with E-state index in [4.69, 9.17) is 0 Å². The first kappa shape index (κ1) is 21.4. The molecule has 8 heteroatoms. The smallest absolute Gasteiger partial charge is 0.191 e. The Morgan fingerprint density at radius 3 is 2.48 bits per heavy atom. The topological polar surface area (TPSA) is 87.4 Å². The number of benzene rings is 1. The summed E-state index contributed by atoms with van der Waals surface area (Å²) in [4.78, 5) is 4.51. The summed E-state index contributed by atoms with van der Waals surface area (Å²) >= 11 is 0. The van der Waals surface area contributed by atoms with Crippen LogP contribution in [-0.4, -0.2) is 38.9 Å². The van der Waals surface area contributed by atoms with E-state index in [0.29, 0.717) is 19.0 Å². The molecule has 138 valence electrons. The molecule has 0 amide bonds. The van der Waals surface area contributed by atoms with Crippen LogP contribution in [0.25, 0.3) is 0 Å². The summed E-state index contributed by atoms with van der Waals surface area (Å²) in [6.07, 6.45) is 0. The van der Waals surface area contributed by atoms with Crippen molar-refractivity contribution in [2.75, 3.05) is 13.1 Å². The molecule has 0 aliphatic rings. The summed E-state index contributed by atoms with van der Waals surface area (Å²) < 4.78 is 1.91. The molecule has 7 nitrogen and oxygen atoms in total. The number of aromatic nitrogens is 3. The van der Waals surface area contributed by atoms with E-state index in [9.17, 15) is 5.11 Å². The number of rotatable bonds is 6. The van der Waals surface area contributed by atoms with Crippen molar-refractivity contribution >= 4 is 29.9 Å². The van der Waals surface area contributed by atoms with Gasteiger partial charge in [-0.05, 0) is 26.3 Å². The highest BCUT2D eigenvalue weighted by Crippen LogP contribution is 2.18. The van der Waals surface area contributed by atoms with Crippen LogP contribution in [0.2, 0.25) is 0 Å². The summed E-state index contributed by atoms with van der Waals surface area (Å²) in [7, 11) is 1.92. The van der Waals surface area contributed by atoms with Crippen LogP contribution in [0.15, 0.2) is 35.3 Å². The van der Waals surface area contributed by atoms with E-state index in [0.717, 1.165) is 23.8 Å². The van der Waals surface area contributed by atoms with E-state index in [1.54, 1.807) is 6.92 Å². The van der Waals surface area contributed by atoms with Crippen LogP contribution in [0.4, 0.5) is 0 Å². The highest BCUT2D eigenvalue weighted by molar-refractivity contribution is 14.0. The highest BCUT2D eigenvalue weighted by atomic mass is 127. The van der Waals surface area contributed by atoms with Gasteiger partial charge in [-0.2, -0.15) is 0 Å². The number of guanidine groups is 1. The van der Waals surface area contributed by atoms with E-state index in [-0.39, 0.29) is 24.0 Å². The van der Waals surface area contributed by atoms with Crippen LogP contribution in [0, 0.1) is 6.92 Å². The molecular weight excluding hydrogens is 431 g/mol. The standard InChI is InChI=1S/C17H26N6O.HI/c1-5-18-16(19-11-15-22-21-13(2)23(15)4)20-12-17(3,24)14-9-7-6-8-10-14;/h6-10,24H,5,11-12H2,1-4H3,(H2,18,19,20);1H. The van der Waals surface area contributed by atoms with Gasteiger partial charge < -0.3 is 20.3 Å². The molecule has 0 saturated carbocycles. The van der Waals surface area contributed by atoms with Crippen LogP contribution in [0.3, 0.4) is 0 Å². The van der Waals surface area contributed by atoms with Crippen LogP contribution in [-0.2, 0) is 19.2 Å². The van der Waals surface area contributed by atoms with Crippen molar-refractivity contribution in [1.82, 2.24) is 25.4 Å². The maximum Gasteiger partial charge on any atom is 0.191 e. The van der Waals surface area contributed by atoms with Gasteiger partial charge in [0.25, 0.3) is 0 Å². The highest BCUT2D eigenvalue weighted by Gasteiger charge is 2.22. The zero-order chi connectivity index (χ0) is 17.6. The van der Waals surface area contributed by atoms with Crippen LogP contribution in [0.5, 0.6) is 0 Å². The van der Waals surface area contributed by atoms with Gasteiger partial charge in [-0.1, -0.05) is 30.3 Å². The van der Waals surface area contributed by atoms with Crippen LogP contribution in [0.1, 0.15) is 31.1 Å². The molecule has 1 unspecified atom stereocenters. The van der Waals surface area contributed by atoms with Crippen LogP contribution >= 0.6 is 24.0 Å². The lowest BCUT2D eigenvalue weighted by atomic mass is 9.96. The third kappa shape index (κ3) is 5.96. The summed E-state index contributed by atoms with van der Waals surface area (Å²) in [5, 5.41) is 25.2. The SMILES string of the molecule is CCNC(=NCc1nnc(C)n1C)NCC(C)(O)c1ccccc1.I. The Kier molecular flexibility index (Phi) is 8.30. The van der Waals surface area contributed by atoms with Gasteiger partial charge in [0.1, 0.15) is 18.0 Å². The lowest BCUT2D eigenvalue weighted by Gasteiger charge is -2.25. The summed E-state index contributed by atoms with van der Waals surface area (Å²) in [6.45, 7) is 7.18. The Bertz CT molecular complexity index is 684. The van der Waals surface area contributed by atoms with Gasteiger partial charge in [-0.25, -0.2) is 4.99 Å². The van der Waals surface area contributed by atoms with Crippen molar-refractivity contribution in [2.24, 2.45) is 12.0 Å². The summed E-state index contributed by atoms with van der Waals surface area (Å²) in [5.41, 5.74) is -0.129. The van der Waals surface area contributed by atoms with Crippen LogP contribution < -0.4 is 10.6 Å². The fourth-order valence-electron chi connectivity index (χ4n) is 2.24.